The quantitative estimate of drug-likeness (QED) is 0.748. The van der Waals surface area contributed by atoms with Crippen molar-refractivity contribution in [1.82, 2.24) is 5.32 Å². The SMILES string of the molecule is CCOC(=O)[C@H](Cc1ccccc1)NC(=O)c1cccc(S(C)(=O)=O)c1. The van der Waals surface area contributed by atoms with Gasteiger partial charge in [-0.1, -0.05) is 36.4 Å². The van der Waals surface area contributed by atoms with E-state index in [-0.39, 0.29) is 23.5 Å². The highest BCUT2D eigenvalue weighted by atomic mass is 32.2. The van der Waals surface area contributed by atoms with Crippen molar-refractivity contribution in [1.29, 1.82) is 0 Å². The van der Waals surface area contributed by atoms with Gasteiger partial charge in [0.2, 0.25) is 0 Å². The fraction of sp³-hybridized carbons (Fsp3) is 0.263. The molecule has 0 radical (unpaired) electrons. The van der Waals surface area contributed by atoms with Crippen molar-refractivity contribution in [3.63, 3.8) is 0 Å². The van der Waals surface area contributed by atoms with Gasteiger partial charge in [-0.3, -0.25) is 4.79 Å². The maximum atomic E-state index is 12.5. The van der Waals surface area contributed by atoms with Crippen LogP contribution < -0.4 is 5.32 Å². The van der Waals surface area contributed by atoms with Gasteiger partial charge in [0, 0.05) is 18.2 Å². The summed E-state index contributed by atoms with van der Waals surface area (Å²) in [7, 11) is -3.43. The van der Waals surface area contributed by atoms with Crippen LogP contribution in [-0.4, -0.2) is 39.2 Å². The minimum atomic E-state index is -3.43. The number of hydrogen-bond donors (Lipinski definition) is 1. The summed E-state index contributed by atoms with van der Waals surface area (Å²) in [6.45, 7) is 1.89. The van der Waals surface area contributed by atoms with Crippen LogP contribution in [-0.2, 0) is 25.8 Å². The van der Waals surface area contributed by atoms with Gasteiger partial charge in [0.05, 0.1) is 11.5 Å². The topological polar surface area (TPSA) is 89.5 Å². The van der Waals surface area contributed by atoms with E-state index < -0.39 is 27.8 Å². The molecule has 0 aromatic heterocycles. The molecule has 0 bridgehead atoms. The zero-order chi connectivity index (χ0) is 19.2. The fourth-order valence-corrected chi connectivity index (χ4v) is 3.06. The molecular formula is C19H21NO5S. The Kier molecular flexibility index (Phi) is 6.52. The summed E-state index contributed by atoms with van der Waals surface area (Å²) in [6, 6.07) is 14.1. The predicted octanol–water partition coefficient (Wildman–Crippen LogP) is 1.99. The lowest BCUT2D eigenvalue weighted by Crippen LogP contribution is -2.43. The van der Waals surface area contributed by atoms with E-state index in [0.29, 0.717) is 0 Å². The fourth-order valence-electron chi connectivity index (χ4n) is 2.40. The van der Waals surface area contributed by atoms with Crippen molar-refractivity contribution < 1.29 is 22.7 Å². The Hall–Kier alpha value is -2.67. The highest BCUT2D eigenvalue weighted by Gasteiger charge is 2.23. The Morgan fingerprint density at radius 3 is 2.38 bits per heavy atom. The molecule has 0 unspecified atom stereocenters. The van der Waals surface area contributed by atoms with Gasteiger partial charge in [0.1, 0.15) is 6.04 Å². The van der Waals surface area contributed by atoms with E-state index >= 15 is 0 Å². The number of carbonyl (C=O) groups excluding carboxylic acids is 2. The molecule has 0 aliphatic carbocycles. The third-order valence-electron chi connectivity index (χ3n) is 3.68. The molecule has 138 valence electrons. The zero-order valence-electron chi connectivity index (χ0n) is 14.6. The Balaban J connectivity index is 2.21. The zero-order valence-corrected chi connectivity index (χ0v) is 15.5. The molecule has 0 aliphatic rings. The standard InChI is InChI=1S/C19H21NO5S/c1-3-25-19(22)17(12-14-8-5-4-6-9-14)20-18(21)15-10-7-11-16(13-15)26(2,23)24/h4-11,13,17H,3,12H2,1-2H3,(H,20,21)/t17-/m0/s1. The third kappa shape index (κ3) is 5.42. The molecule has 0 fully saturated rings. The molecular weight excluding hydrogens is 354 g/mol. The molecule has 6 nitrogen and oxygen atoms in total. The maximum Gasteiger partial charge on any atom is 0.328 e. The Labute approximate surface area is 153 Å². The lowest BCUT2D eigenvalue weighted by molar-refractivity contribution is -0.145. The molecule has 1 atom stereocenters. The number of rotatable bonds is 7. The lowest BCUT2D eigenvalue weighted by atomic mass is 10.1. The van der Waals surface area contributed by atoms with Crippen molar-refractivity contribution in [2.45, 2.75) is 24.3 Å². The van der Waals surface area contributed by atoms with Gasteiger partial charge in [-0.15, -0.1) is 0 Å². The first-order chi connectivity index (χ1) is 12.3. The summed E-state index contributed by atoms with van der Waals surface area (Å²) >= 11 is 0. The molecule has 1 N–H and O–H groups in total. The normalized spacial score (nSPS) is 12.2. The first-order valence-electron chi connectivity index (χ1n) is 8.13. The van der Waals surface area contributed by atoms with E-state index in [2.05, 4.69) is 5.32 Å². The summed E-state index contributed by atoms with van der Waals surface area (Å²) in [5.41, 5.74) is 1.03. The smallest absolute Gasteiger partial charge is 0.328 e. The van der Waals surface area contributed by atoms with Crippen LogP contribution in [0.2, 0.25) is 0 Å². The first-order valence-corrected chi connectivity index (χ1v) is 10.0. The van der Waals surface area contributed by atoms with Crippen LogP contribution in [0.25, 0.3) is 0 Å². The molecule has 0 saturated carbocycles. The van der Waals surface area contributed by atoms with Crippen LogP contribution >= 0.6 is 0 Å². The van der Waals surface area contributed by atoms with Gasteiger partial charge in [0.25, 0.3) is 5.91 Å². The number of benzene rings is 2. The van der Waals surface area contributed by atoms with Crippen molar-refractivity contribution >= 4 is 21.7 Å². The van der Waals surface area contributed by atoms with Gasteiger partial charge in [-0.25, -0.2) is 13.2 Å². The van der Waals surface area contributed by atoms with E-state index in [9.17, 15) is 18.0 Å². The number of amides is 1. The average Bonchev–Trinajstić information content (AvgIpc) is 2.61. The van der Waals surface area contributed by atoms with Crippen molar-refractivity contribution in [3.05, 3.63) is 65.7 Å². The van der Waals surface area contributed by atoms with Gasteiger partial charge in [-0.2, -0.15) is 0 Å². The molecule has 7 heteroatoms. The Morgan fingerprint density at radius 1 is 1.08 bits per heavy atom. The molecule has 2 rings (SSSR count). The third-order valence-corrected chi connectivity index (χ3v) is 4.79. The number of carbonyl (C=O) groups is 2. The summed E-state index contributed by atoms with van der Waals surface area (Å²) in [5, 5.41) is 2.64. The van der Waals surface area contributed by atoms with E-state index in [1.165, 1.54) is 24.3 Å². The minimum Gasteiger partial charge on any atom is -0.464 e. The van der Waals surface area contributed by atoms with Crippen LogP contribution in [0.5, 0.6) is 0 Å². The minimum absolute atomic E-state index is 0.0425. The van der Waals surface area contributed by atoms with Gasteiger partial charge in [-0.05, 0) is 30.7 Å². The van der Waals surface area contributed by atoms with E-state index in [1.807, 2.05) is 30.3 Å². The maximum absolute atomic E-state index is 12.5. The second-order valence-corrected chi connectivity index (χ2v) is 7.78. The molecule has 2 aromatic carbocycles. The van der Waals surface area contributed by atoms with Gasteiger partial charge >= 0.3 is 5.97 Å². The van der Waals surface area contributed by atoms with E-state index in [4.69, 9.17) is 4.74 Å². The summed E-state index contributed by atoms with van der Waals surface area (Å²) in [6.07, 6.45) is 1.35. The Bertz CT molecular complexity index is 878. The predicted molar refractivity (Wildman–Crippen MR) is 97.6 cm³/mol. The summed E-state index contributed by atoms with van der Waals surface area (Å²) < 4.78 is 28.4. The molecule has 0 spiro atoms. The van der Waals surface area contributed by atoms with Gasteiger partial charge < -0.3 is 10.1 Å². The number of esters is 1. The van der Waals surface area contributed by atoms with Crippen LogP contribution in [0.4, 0.5) is 0 Å². The molecule has 0 heterocycles. The van der Waals surface area contributed by atoms with E-state index in [0.717, 1.165) is 11.8 Å². The highest BCUT2D eigenvalue weighted by Crippen LogP contribution is 2.12. The molecule has 2 aromatic rings. The second-order valence-electron chi connectivity index (χ2n) is 5.77. The van der Waals surface area contributed by atoms with E-state index in [1.54, 1.807) is 6.92 Å². The van der Waals surface area contributed by atoms with Crippen LogP contribution in [0.1, 0.15) is 22.8 Å². The summed E-state index contributed by atoms with van der Waals surface area (Å²) in [4.78, 5) is 24.8. The van der Waals surface area contributed by atoms with Crippen molar-refractivity contribution in [3.8, 4) is 0 Å². The second kappa shape index (κ2) is 8.62. The average molecular weight is 375 g/mol. The number of sulfone groups is 1. The van der Waals surface area contributed by atoms with Crippen LogP contribution in [0.3, 0.4) is 0 Å². The number of hydrogen-bond acceptors (Lipinski definition) is 5. The summed E-state index contributed by atoms with van der Waals surface area (Å²) in [5.74, 6) is -1.08. The molecule has 0 saturated heterocycles. The molecule has 0 aliphatic heterocycles. The van der Waals surface area contributed by atoms with Gasteiger partial charge in [0.15, 0.2) is 9.84 Å². The highest BCUT2D eigenvalue weighted by molar-refractivity contribution is 7.90. The van der Waals surface area contributed by atoms with Crippen LogP contribution in [0, 0.1) is 0 Å². The Morgan fingerprint density at radius 2 is 1.77 bits per heavy atom. The molecule has 1 amide bonds. The number of ether oxygens (including phenoxy) is 1. The lowest BCUT2D eigenvalue weighted by Gasteiger charge is -2.17. The van der Waals surface area contributed by atoms with Crippen molar-refractivity contribution in [2.24, 2.45) is 0 Å². The van der Waals surface area contributed by atoms with Crippen molar-refractivity contribution in [2.75, 3.05) is 12.9 Å². The molecule has 26 heavy (non-hydrogen) atoms. The van der Waals surface area contributed by atoms with Crippen LogP contribution in [0.15, 0.2) is 59.5 Å². The number of nitrogens with one attached hydrogen (secondary N) is 1. The first kappa shape index (κ1) is 19.7. The monoisotopic (exact) mass is 375 g/mol. The largest absolute Gasteiger partial charge is 0.464 e.